The summed E-state index contributed by atoms with van der Waals surface area (Å²) >= 11 is 5.81. The second-order valence-electron chi connectivity index (χ2n) is 3.93. The van der Waals surface area contributed by atoms with E-state index in [1.165, 1.54) is 7.11 Å². The number of carbonyl (C=O) groups is 1. The first-order chi connectivity index (χ1) is 9.19. The first kappa shape index (κ1) is 13.4. The Morgan fingerprint density at radius 3 is 2.58 bits per heavy atom. The second kappa shape index (κ2) is 6.25. The van der Waals surface area contributed by atoms with Crippen LogP contribution in [0.15, 0.2) is 48.5 Å². The molecular formula is C15H13ClO3. The van der Waals surface area contributed by atoms with Crippen molar-refractivity contribution in [3.8, 4) is 5.75 Å². The van der Waals surface area contributed by atoms with E-state index in [1.54, 1.807) is 24.3 Å². The standard InChI is InChI=1S/C15H13ClO3/c1-18-15(17)12-3-2-4-14(9-12)19-10-11-5-7-13(16)8-6-11/h2-9H,10H2,1H3. The predicted molar refractivity (Wildman–Crippen MR) is 73.6 cm³/mol. The maximum absolute atomic E-state index is 11.4. The first-order valence-electron chi connectivity index (χ1n) is 5.74. The van der Waals surface area contributed by atoms with Crippen molar-refractivity contribution in [2.75, 3.05) is 7.11 Å². The van der Waals surface area contributed by atoms with Gasteiger partial charge in [0.15, 0.2) is 0 Å². The zero-order valence-electron chi connectivity index (χ0n) is 10.4. The Labute approximate surface area is 116 Å². The van der Waals surface area contributed by atoms with Crippen LogP contribution in [0.5, 0.6) is 5.75 Å². The number of hydrogen-bond acceptors (Lipinski definition) is 3. The number of rotatable bonds is 4. The molecule has 0 amide bonds. The molecule has 2 rings (SSSR count). The van der Waals surface area contributed by atoms with Crippen LogP contribution in [0.2, 0.25) is 5.02 Å². The molecule has 0 unspecified atom stereocenters. The van der Waals surface area contributed by atoms with Crippen molar-refractivity contribution in [3.05, 3.63) is 64.7 Å². The van der Waals surface area contributed by atoms with Crippen molar-refractivity contribution >= 4 is 17.6 Å². The highest BCUT2D eigenvalue weighted by molar-refractivity contribution is 6.30. The van der Waals surface area contributed by atoms with Crippen molar-refractivity contribution < 1.29 is 14.3 Å². The quantitative estimate of drug-likeness (QED) is 0.799. The van der Waals surface area contributed by atoms with E-state index in [0.717, 1.165) is 5.56 Å². The Hall–Kier alpha value is -2.00. The summed E-state index contributed by atoms with van der Waals surface area (Å²) in [5.74, 6) is 0.245. The summed E-state index contributed by atoms with van der Waals surface area (Å²) in [7, 11) is 1.35. The molecule has 0 radical (unpaired) electrons. The van der Waals surface area contributed by atoms with Crippen molar-refractivity contribution in [2.45, 2.75) is 6.61 Å². The summed E-state index contributed by atoms with van der Waals surface area (Å²) in [6.45, 7) is 0.418. The summed E-state index contributed by atoms with van der Waals surface area (Å²) in [6, 6.07) is 14.3. The Kier molecular flexibility index (Phi) is 4.42. The van der Waals surface area contributed by atoms with Gasteiger partial charge in [-0.15, -0.1) is 0 Å². The average Bonchev–Trinajstić information content (AvgIpc) is 2.46. The zero-order valence-corrected chi connectivity index (χ0v) is 11.2. The summed E-state index contributed by atoms with van der Waals surface area (Å²) in [6.07, 6.45) is 0. The van der Waals surface area contributed by atoms with Gasteiger partial charge in [0.1, 0.15) is 12.4 Å². The van der Waals surface area contributed by atoms with Crippen molar-refractivity contribution in [3.63, 3.8) is 0 Å². The number of carbonyl (C=O) groups excluding carboxylic acids is 1. The Bertz CT molecular complexity index is 564. The van der Waals surface area contributed by atoms with Crippen LogP contribution in [0, 0.1) is 0 Å². The topological polar surface area (TPSA) is 35.5 Å². The van der Waals surface area contributed by atoms with Gasteiger partial charge in [0.05, 0.1) is 12.7 Å². The molecule has 2 aromatic carbocycles. The molecule has 0 aliphatic carbocycles. The molecule has 0 aromatic heterocycles. The molecule has 0 N–H and O–H groups in total. The lowest BCUT2D eigenvalue weighted by molar-refractivity contribution is 0.0600. The molecule has 3 nitrogen and oxygen atoms in total. The molecule has 0 spiro atoms. The fraction of sp³-hybridized carbons (Fsp3) is 0.133. The molecule has 0 atom stereocenters. The van der Waals surface area contributed by atoms with Gasteiger partial charge >= 0.3 is 5.97 Å². The largest absolute Gasteiger partial charge is 0.489 e. The van der Waals surface area contributed by atoms with Crippen LogP contribution >= 0.6 is 11.6 Å². The van der Waals surface area contributed by atoms with Gasteiger partial charge in [-0.1, -0.05) is 29.8 Å². The van der Waals surface area contributed by atoms with E-state index >= 15 is 0 Å². The molecule has 4 heteroatoms. The zero-order chi connectivity index (χ0) is 13.7. The normalized spacial score (nSPS) is 10.0. The third kappa shape index (κ3) is 3.73. The lowest BCUT2D eigenvalue weighted by atomic mass is 10.2. The number of methoxy groups -OCH3 is 1. The summed E-state index contributed by atoms with van der Waals surface area (Å²) in [5, 5.41) is 0.691. The lowest BCUT2D eigenvalue weighted by Gasteiger charge is -2.07. The van der Waals surface area contributed by atoms with E-state index in [1.807, 2.05) is 24.3 Å². The average molecular weight is 277 g/mol. The molecule has 0 aliphatic heterocycles. The first-order valence-corrected chi connectivity index (χ1v) is 6.12. The number of esters is 1. The van der Waals surface area contributed by atoms with Gasteiger partial charge in [-0.05, 0) is 35.9 Å². The minimum atomic E-state index is -0.378. The molecule has 0 aliphatic rings. The third-order valence-electron chi connectivity index (χ3n) is 2.57. The van der Waals surface area contributed by atoms with E-state index in [9.17, 15) is 4.79 Å². The lowest BCUT2D eigenvalue weighted by Crippen LogP contribution is -2.02. The van der Waals surface area contributed by atoms with Crippen LogP contribution in [0.25, 0.3) is 0 Å². The molecule has 2 aromatic rings. The number of hydrogen-bond donors (Lipinski definition) is 0. The fourth-order valence-corrected chi connectivity index (χ4v) is 1.70. The molecule has 19 heavy (non-hydrogen) atoms. The fourth-order valence-electron chi connectivity index (χ4n) is 1.58. The van der Waals surface area contributed by atoms with Crippen molar-refractivity contribution in [1.82, 2.24) is 0 Å². The Balaban J connectivity index is 2.03. The summed E-state index contributed by atoms with van der Waals surface area (Å²) in [5.41, 5.74) is 1.48. The van der Waals surface area contributed by atoms with E-state index in [0.29, 0.717) is 22.9 Å². The molecule has 0 heterocycles. The second-order valence-corrected chi connectivity index (χ2v) is 4.37. The highest BCUT2D eigenvalue weighted by Gasteiger charge is 2.06. The molecule has 0 saturated heterocycles. The minimum Gasteiger partial charge on any atom is -0.489 e. The maximum Gasteiger partial charge on any atom is 0.337 e. The van der Waals surface area contributed by atoms with Gasteiger partial charge in [-0.2, -0.15) is 0 Å². The maximum atomic E-state index is 11.4. The monoisotopic (exact) mass is 276 g/mol. The van der Waals surface area contributed by atoms with Crippen LogP contribution in [0.1, 0.15) is 15.9 Å². The minimum absolute atomic E-state index is 0.378. The van der Waals surface area contributed by atoms with Gasteiger partial charge in [-0.3, -0.25) is 0 Å². The molecule has 98 valence electrons. The molecule has 0 bridgehead atoms. The summed E-state index contributed by atoms with van der Waals surface area (Å²) < 4.78 is 10.3. The van der Waals surface area contributed by atoms with Crippen LogP contribution in [-0.2, 0) is 11.3 Å². The molecular weight excluding hydrogens is 264 g/mol. The van der Waals surface area contributed by atoms with Gasteiger partial charge < -0.3 is 9.47 Å². The van der Waals surface area contributed by atoms with E-state index in [-0.39, 0.29) is 5.97 Å². The number of halogens is 1. The predicted octanol–water partition coefficient (Wildman–Crippen LogP) is 3.71. The number of benzene rings is 2. The van der Waals surface area contributed by atoms with Gasteiger partial charge in [0, 0.05) is 5.02 Å². The Morgan fingerprint density at radius 2 is 1.89 bits per heavy atom. The third-order valence-corrected chi connectivity index (χ3v) is 2.83. The van der Waals surface area contributed by atoms with Crippen molar-refractivity contribution in [2.24, 2.45) is 0 Å². The van der Waals surface area contributed by atoms with E-state index in [2.05, 4.69) is 4.74 Å². The SMILES string of the molecule is COC(=O)c1cccc(OCc2ccc(Cl)cc2)c1. The molecule has 0 saturated carbocycles. The van der Waals surface area contributed by atoms with Crippen LogP contribution in [-0.4, -0.2) is 13.1 Å². The summed E-state index contributed by atoms with van der Waals surface area (Å²) in [4.78, 5) is 11.4. The van der Waals surface area contributed by atoms with Crippen molar-refractivity contribution in [1.29, 1.82) is 0 Å². The Morgan fingerprint density at radius 1 is 1.16 bits per heavy atom. The van der Waals surface area contributed by atoms with Gasteiger partial charge in [0.25, 0.3) is 0 Å². The van der Waals surface area contributed by atoms with Gasteiger partial charge in [-0.25, -0.2) is 4.79 Å². The molecule has 0 fully saturated rings. The van der Waals surface area contributed by atoms with Gasteiger partial charge in [0.2, 0.25) is 0 Å². The van der Waals surface area contributed by atoms with E-state index < -0.39 is 0 Å². The van der Waals surface area contributed by atoms with Crippen LogP contribution in [0.4, 0.5) is 0 Å². The van der Waals surface area contributed by atoms with Crippen LogP contribution in [0.3, 0.4) is 0 Å². The van der Waals surface area contributed by atoms with E-state index in [4.69, 9.17) is 16.3 Å². The highest BCUT2D eigenvalue weighted by atomic mass is 35.5. The highest BCUT2D eigenvalue weighted by Crippen LogP contribution is 2.16. The van der Waals surface area contributed by atoms with Crippen LogP contribution < -0.4 is 4.74 Å². The smallest absolute Gasteiger partial charge is 0.337 e. The number of ether oxygens (including phenoxy) is 2.